The van der Waals surface area contributed by atoms with E-state index < -0.39 is 11.5 Å². The molecule has 1 aliphatic rings. The molecule has 3 N–H and O–H groups in total. The SMILES string of the molecule is CCC(C)NC(=O)NC1(CC(=O)O)CCCC1. The van der Waals surface area contributed by atoms with Crippen LogP contribution in [0.4, 0.5) is 4.79 Å². The standard InChI is InChI=1S/C12H22N2O3/c1-3-9(2)13-11(17)14-12(8-10(15)16)6-4-5-7-12/h9H,3-8H2,1-2H3,(H,15,16)(H2,13,14,17). The minimum Gasteiger partial charge on any atom is -0.481 e. The summed E-state index contributed by atoms with van der Waals surface area (Å²) in [6.45, 7) is 3.92. The van der Waals surface area contributed by atoms with Gasteiger partial charge in [0.15, 0.2) is 0 Å². The molecule has 0 spiro atoms. The summed E-state index contributed by atoms with van der Waals surface area (Å²) in [5, 5.41) is 14.6. The van der Waals surface area contributed by atoms with Crippen LogP contribution in [0.25, 0.3) is 0 Å². The third kappa shape index (κ3) is 4.24. The van der Waals surface area contributed by atoms with Gasteiger partial charge in [-0.25, -0.2) is 4.79 Å². The predicted octanol–water partition coefficient (Wildman–Crippen LogP) is 1.87. The van der Waals surface area contributed by atoms with Crippen LogP contribution in [0.1, 0.15) is 52.4 Å². The first kappa shape index (κ1) is 13.8. The van der Waals surface area contributed by atoms with Gasteiger partial charge in [-0.1, -0.05) is 19.8 Å². The van der Waals surface area contributed by atoms with E-state index in [1.165, 1.54) is 0 Å². The zero-order valence-corrected chi connectivity index (χ0v) is 10.6. The van der Waals surface area contributed by atoms with Crippen molar-refractivity contribution in [3.8, 4) is 0 Å². The molecule has 0 radical (unpaired) electrons. The Labute approximate surface area is 102 Å². The number of nitrogens with one attached hydrogen (secondary N) is 2. The average Bonchev–Trinajstić information content (AvgIpc) is 2.64. The summed E-state index contributed by atoms with van der Waals surface area (Å²) in [7, 11) is 0. The maximum absolute atomic E-state index is 11.7. The van der Waals surface area contributed by atoms with Crippen LogP contribution in [-0.2, 0) is 4.79 Å². The van der Waals surface area contributed by atoms with E-state index in [9.17, 15) is 9.59 Å². The van der Waals surface area contributed by atoms with Gasteiger partial charge in [-0.2, -0.15) is 0 Å². The third-order valence-corrected chi connectivity index (χ3v) is 3.42. The zero-order chi connectivity index (χ0) is 12.9. The van der Waals surface area contributed by atoms with Crippen LogP contribution >= 0.6 is 0 Å². The van der Waals surface area contributed by atoms with Gasteiger partial charge in [0.25, 0.3) is 0 Å². The van der Waals surface area contributed by atoms with Crippen molar-refractivity contribution in [2.45, 2.75) is 64.0 Å². The first-order chi connectivity index (χ1) is 7.97. The summed E-state index contributed by atoms with van der Waals surface area (Å²) in [5.74, 6) is -0.851. The van der Waals surface area contributed by atoms with Gasteiger partial charge < -0.3 is 15.7 Å². The van der Waals surface area contributed by atoms with Crippen molar-refractivity contribution in [3.05, 3.63) is 0 Å². The van der Waals surface area contributed by atoms with Gasteiger partial charge in [0, 0.05) is 6.04 Å². The lowest BCUT2D eigenvalue weighted by atomic mass is 9.93. The molecule has 0 aliphatic heterocycles. The fourth-order valence-electron chi connectivity index (χ4n) is 2.29. The fraction of sp³-hybridized carbons (Fsp3) is 0.833. The fourth-order valence-corrected chi connectivity index (χ4v) is 2.29. The highest BCUT2D eigenvalue weighted by molar-refractivity contribution is 5.77. The van der Waals surface area contributed by atoms with Crippen molar-refractivity contribution >= 4 is 12.0 Å². The Bertz CT molecular complexity index is 285. The second-order valence-electron chi connectivity index (χ2n) is 4.97. The molecule has 0 aromatic rings. The number of hydrogen-bond acceptors (Lipinski definition) is 2. The molecule has 1 saturated carbocycles. The summed E-state index contributed by atoms with van der Waals surface area (Å²) in [6, 6.07) is -0.138. The summed E-state index contributed by atoms with van der Waals surface area (Å²) >= 11 is 0. The smallest absolute Gasteiger partial charge is 0.315 e. The Morgan fingerprint density at radius 3 is 2.41 bits per heavy atom. The minimum atomic E-state index is -0.851. The number of carboxylic acid groups (broad SMARTS) is 1. The Balaban J connectivity index is 2.54. The van der Waals surface area contributed by atoms with E-state index in [0.29, 0.717) is 0 Å². The molecular weight excluding hydrogens is 220 g/mol. The molecule has 1 fully saturated rings. The van der Waals surface area contributed by atoms with Gasteiger partial charge in [0.1, 0.15) is 0 Å². The molecule has 1 unspecified atom stereocenters. The molecule has 5 heteroatoms. The summed E-state index contributed by atoms with van der Waals surface area (Å²) < 4.78 is 0. The van der Waals surface area contributed by atoms with Gasteiger partial charge in [0.2, 0.25) is 0 Å². The van der Waals surface area contributed by atoms with Gasteiger partial charge >= 0.3 is 12.0 Å². The van der Waals surface area contributed by atoms with Gasteiger partial charge in [-0.05, 0) is 26.2 Å². The van der Waals surface area contributed by atoms with Gasteiger partial charge in [0.05, 0.1) is 12.0 Å². The molecule has 0 saturated heterocycles. The number of carbonyl (C=O) groups excluding carboxylic acids is 1. The second-order valence-corrected chi connectivity index (χ2v) is 4.97. The van der Waals surface area contributed by atoms with Crippen LogP contribution in [0.3, 0.4) is 0 Å². The largest absolute Gasteiger partial charge is 0.481 e. The molecule has 0 aromatic heterocycles. The summed E-state index contributed by atoms with van der Waals surface area (Å²) in [5.41, 5.74) is -0.538. The lowest BCUT2D eigenvalue weighted by Gasteiger charge is -2.29. The molecule has 17 heavy (non-hydrogen) atoms. The molecule has 0 aromatic carbocycles. The van der Waals surface area contributed by atoms with Crippen LogP contribution in [-0.4, -0.2) is 28.7 Å². The minimum absolute atomic E-state index is 0.0148. The number of urea groups is 1. The van der Waals surface area contributed by atoms with E-state index in [1.807, 2.05) is 13.8 Å². The lowest BCUT2D eigenvalue weighted by molar-refractivity contribution is -0.138. The predicted molar refractivity (Wildman–Crippen MR) is 64.9 cm³/mol. The number of aliphatic carboxylic acids is 1. The first-order valence-corrected chi connectivity index (χ1v) is 6.28. The van der Waals surface area contributed by atoms with Gasteiger partial charge in [-0.3, -0.25) is 4.79 Å². The molecule has 1 atom stereocenters. The van der Waals surface area contributed by atoms with Crippen LogP contribution in [0.5, 0.6) is 0 Å². The second kappa shape index (κ2) is 5.89. The lowest BCUT2D eigenvalue weighted by Crippen LogP contribution is -2.53. The van der Waals surface area contributed by atoms with E-state index in [-0.39, 0.29) is 18.5 Å². The maximum Gasteiger partial charge on any atom is 0.315 e. The number of rotatable bonds is 5. The molecule has 98 valence electrons. The Morgan fingerprint density at radius 2 is 1.94 bits per heavy atom. The molecule has 0 heterocycles. The first-order valence-electron chi connectivity index (χ1n) is 6.28. The Hall–Kier alpha value is -1.26. The van der Waals surface area contributed by atoms with Crippen molar-refractivity contribution in [2.24, 2.45) is 0 Å². The van der Waals surface area contributed by atoms with Crippen molar-refractivity contribution in [1.29, 1.82) is 0 Å². The summed E-state index contributed by atoms with van der Waals surface area (Å²) in [4.78, 5) is 22.6. The normalized spacial score (nSPS) is 19.6. The van der Waals surface area contributed by atoms with E-state index in [4.69, 9.17) is 5.11 Å². The quantitative estimate of drug-likeness (QED) is 0.688. The molecule has 5 nitrogen and oxygen atoms in total. The van der Waals surface area contributed by atoms with E-state index in [2.05, 4.69) is 10.6 Å². The van der Waals surface area contributed by atoms with Crippen LogP contribution < -0.4 is 10.6 Å². The molecule has 1 aliphatic carbocycles. The molecule has 2 amide bonds. The molecule has 1 rings (SSSR count). The van der Waals surface area contributed by atoms with E-state index >= 15 is 0 Å². The highest BCUT2D eigenvalue weighted by Gasteiger charge is 2.37. The maximum atomic E-state index is 11.7. The van der Waals surface area contributed by atoms with E-state index in [0.717, 1.165) is 32.1 Å². The van der Waals surface area contributed by atoms with Crippen LogP contribution in [0.2, 0.25) is 0 Å². The topological polar surface area (TPSA) is 78.4 Å². The van der Waals surface area contributed by atoms with Crippen molar-refractivity contribution in [3.63, 3.8) is 0 Å². The van der Waals surface area contributed by atoms with Crippen LogP contribution in [0, 0.1) is 0 Å². The van der Waals surface area contributed by atoms with Crippen molar-refractivity contribution in [2.75, 3.05) is 0 Å². The van der Waals surface area contributed by atoms with Gasteiger partial charge in [-0.15, -0.1) is 0 Å². The zero-order valence-electron chi connectivity index (χ0n) is 10.6. The third-order valence-electron chi connectivity index (χ3n) is 3.42. The van der Waals surface area contributed by atoms with E-state index in [1.54, 1.807) is 0 Å². The highest BCUT2D eigenvalue weighted by Crippen LogP contribution is 2.32. The summed E-state index contributed by atoms with van der Waals surface area (Å²) in [6.07, 6.45) is 4.36. The number of hydrogen-bond donors (Lipinski definition) is 3. The molecular formula is C12H22N2O3. The number of carboxylic acids is 1. The molecule has 0 bridgehead atoms. The van der Waals surface area contributed by atoms with Crippen molar-refractivity contribution in [1.82, 2.24) is 10.6 Å². The Kier molecular flexibility index (Phi) is 4.78. The monoisotopic (exact) mass is 242 g/mol. The number of amides is 2. The highest BCUT2D eigenvalue weighted by atomic mass is 16.4. The van der Waals surface area contributed by atoms with Crippen molar-refractivity contribution < 1.29 is 14.7 Å². The van der Waals surface area contributed by atoms with Crippen LogP contribution in [0.15, 0.2) is 0 Å². The Morgan fingerprint density at radius 1 is 1.35 bits per heavy atom. The average molecular weight is 242 g/mol. The number of carbonyl (C=O) groups is 2.